The number of halogens is 2. The molecule has 0 nitrogen and oxygen atoms in total. The molecule has 0 aliphatic rings. The Labute approximate surface area is 427 Å². The van der Waals surface area contributed by atoms with E-state index >= 15 is 0 Å². The van der Waals surface area contributed by atoms with Gasteiger partial charge in [-0.2, -0.15) is 12.1 Å². The normalized spacial score (nSPS) is 10.6. The van der Waals surface area contributed by atoms with E-state index in [2.05, 4.69) is 245 Å². The molecule has 0 heterocycles. The van der Waals surface area contributed by atoms with Crippen molar-refractivity contribution in [3.8, 4) is 66.8 Å². The van der Waals surface area contributed by atoms with Gasteiger partial charge >= 0.3 is 37.9 Å². The first-order chi connectivity index (χ1) is 33.5. The monoisotopic (exact) mass is 1020 g/mol. The molecular weight excluding hydrogens is 959 g/mol. The van der Waals surface area contributed by atoms with Crippen molar-refractivity contribution in [3.63, 3.8) is 0 Å². The van der Waals surface area contributed by atoms with Crippen LogP contribution in [0.3, 0.4) is 0 Å². The van der Waals surface area contributed by atoms with Gasteiger partial charge in [0.15, 0.2) is 0 Å². The van der Waals surface area contributed by atoms with Crippen molar-refractivity contribution in [2.45, 2.75) is 65.5 Å². The molecule has 2 radical (unpaired) electrons. The third-order valence-corrected chi connectivity index (χ3v) is 12.3. The van der Waals surface area contributed by atoms with E-state index in [-0.39, 0.29) is 0 Å². The Bertz CT molecular complexity index is 2850. The first kappa shape index (κ1) is 50.5. The SMILES string of the molecule is CCCCc1cc2c(-c3ccccc3-c3ccccc3)c(-c3ccccc3)ccc2[cH-]1.CCCCc1cc2c(-c3ccccc3-c3ccccc3)c(-c3ccccc3)ccc2[cH-]1.C[Si]C.[Cl][Zr+2][Cl]. The predicted molar refractivity (Wildman–Crippen MR) is 298 cm³/mol. The topological polar surface area (TPSA) is 0 Å². The maximum absolute atomic E-state index is 4.93. The molecule has 0 amide bonds. The van der Waals surface area contributed by atoms with Crippen LogP contribution in [0, 0.1) is 0 Å². The zero-order valence-electron chi connectivity index (χ0n) is 39.8. The van der Waals surface area contributed by atoms with Gasteiger partial charge in [-0.1, -0.05) is 246 Å². The molecule has 0 N–H and O–H groups in total. The Morgan fingerprint density at radius 2 is 0.662 bits per heavy atom. The zero-order chi connectivity index (χ0) is 47.5. The number of hydrogen-bond acceptors (Lipinski definition) is 0. The number of hydrogen-bond donors (Lipinski definition) is 0. The summed E-state index contributed by atoms with van der Waals surface area (Å²) in [5.41, 5.74) is 18.4. The molecular formula is C64H60Cl2SiZr. The quantitative estimate of drug-likeness (QED) is 0.0845. The number of aryl methyl sites for hydroxylation is 2. The van der Waals surface area contributed by atoms with E-state index in [4.69, 9.17) is 17.0 Å². The first-order valence-corrected chi connectivity index (χ1v) is 32.3. The van der Waals surface area contributed by atoms with Crippen LogP contribution in [0.5, 0.6) is 0 Å². The zero-order valence-corrected chi connectivity index (χ0v) is 44.8. The third-order valence-electron chi connectivity index (χ3n) is 12.3. The van der Waals surface area contributed by atoms with E-state index in [1.165, 1.54) is 125 Å². The van der Waals surface area contributed by atoms with Gasteiger partial charge in [0.25, 0.3) is 0 Å². The molecule has 4 heteroatoms. The van der Waals surface area contributed by atoms with Crippen molar-refractivity contribution >= 4 is 48.1 Å². The van der Waals surface area contributed by atoms with E-state index in [9.17, 15) is 0 Å². The Balaban J connectivity index is 0.000000181. The molecule has 68 heavy (non-hydrogen) atoms. The Morgan fingerprint density at radius 1 is 0.382 bits per heavy atom. The summed E-state index contributed by atoms with van der Waals surface area (Å²) in [6.45, 7) is 8.83. The van der Waals surface area contributed by atoms with Crippen molar-refractivity contribution in [2.75, 3.05) is 0 Å². The second kappa shape index (κ2) is 26.4. The van der Waals surface area contributed by atoms with Crippen LogP contribution in [0.25, 0.3) is 88.3 Å². The summed E-state index contributed by atoms with van der Waals surface area (Å²) in [5, 5.41) is 5.39. The van der Waals surface area contributed by atoms with Gasteiger partial charge in [0.05, 0.1) is 0 Å². The van der Waals surface area contributed by atoms with Crippen LogP contribution in [-0.2, 0) is 33.7 Å². The van der Waals surface area contributed by atoms with Gasteiger partial charge in [0, 0.05) is 9.52 Å². The second-order valence-corrected chi connectivity index (χ2v) is 21.8. The van der Waals surface area contributed by atoms with Crippen LogP contribution in [-0.4, -0.2) is 9.52 Å². The summed E-state index contributed by atoms with van der Waals surface area (Å²) < 4.78 is 0. The van der Waals surface area contributed by atoms with Crippen LogP contribution in [0.4, 0.5) is 0 Å². The van der Waals surface area contributed by atoms with Crippen LogP contribution >= 0.6 is 17.0 Å². The predicted octanol–water partition coefficient (Wildman–Crippen LogP) is 20.0. The fourth-order valence-corrected chi connectivity index (χ4v) is 9.18. The Hall–Kier alpha value is -5.34. The van der Waals surface area contributed by atoms with Gasteiger partial charge in [-0.15, -0.1) is 56.9 Å². The average Bonchev–Trinajstić information content (AvgIpc) is 4.03. The van der Waals surface area contributed by atoms with Crippen molar-refractivity contribution in [2.24, 2.45) is 0 Å². The second-order valence-electron chi connectivity index (χ2n) is 17.0. The van der Waals surface area contributed by atoms with Crippen molar-refractivity contribution < 1.29 is 20.8 Å². The summed E-state index contributed by atoms with van der Waals surface area (Å²) in [4.78, 5) is 0. The van der Waals surface area contributed by atoms with E-state index in [1.54, 1.807) is 0 Å². The summed E-state index contributed by atoms with van der Waals surface area (Å²) in [7, 11) is 11.0. The Kier molecular flexibility index (Phi) is 19.6. The Morgan fingerprint density at radius 3 is 0.971 bits per heavy atom. The molecule has 0 aliphatic carbocycles. The minimum atomic E-state index is -0.826. The fraction of sp³-hybridized carbons (Fsp3) is 0.156. The minimum absolute atomic E-state index is 0.826. The van der Waals surface area contributed by atoms with Gasteiger partial charge in [-0.3, -0.25) is 0 Å². The van der Waals surface area contributed by atoms with Gasteiger partial charge < -0.3 is 0 Å². The molecule has 0 spiro atoms. The number of rotatable bonds is 12. The molecule has 0 saturated carbocycles. The maximum atomic E-state index is 4.93. The molecule has 0 saturated heterocycles. The molecule has 0 aliphatic heterocycles. The molecule has 10 rings (SSSR count). The van der Waals surface area contributed by atoms with E-state index < -0.39 is 20.8 Å². The van der Waals surface area contributed by atoms with Crippen LogP contribution in [0.2, 0.25) is 13.1 Å². The van der Waals surface area contributed by atoms with Crippen LogP contribution < -0.4 is 0 Å². The standard InChI is InChI=1S/2C31H27.C2H6Si.2ClH.Zr/c2*1-2-3-12-23-21-26-19-20-28(25-15-8-5-9-16-25)31(30(26)22-23)29-18-11-10-17-27(29)24-13-6-4-7-14-24;1-3-2;;;/h2*4-11,13-22H,2-3,12H2,1H3;1-2H3;2*1H;/q2*-1;;;;+4/p-2. The van der Waals surface area contributed by atoms with Crippen LogP contribution in [0.15, 0.2) is 218 Å². The molecule has 0 aromatic heterocycles. The van der Waals surface area contributed by atoms with E-state index in [1.807, 2.05) is 0 Å². The number of benzene rings is 8. The van der Waals surface area contributed by atoms with E-state index in [0.29, 0.717) is 0 Å². The molecule has 10 aromatic carbocycles. The number of unbranched alkanes of at least 4 members (excludes halogenated alkanes) is 2. The first-order valence-electron chi connectivity index (χ1n) is 23.9. The summed E-state index contributed by atoms with van der Waals surface area (Å²) >= 11 is -0.826. The van der Waals surface area contributed by atoms with Gasteiger partial charge in [-0.05, 0) is 68.5 Å². The van der Waals surface area contributed by atoms with Gasteiger partial charge in [0.1, 0.15) is 0 Å². The van der Waals surface area contributed by atoms with Crippen molar-refractivity contribution in [1.82, 2.24) is 0 Å². The third kappa shape index (κ3) is 12.6. The summed E-state index contributed by atoms with van der Waals surface area (Å²) in [6, 6.07) is 79.5. The molecule has 0 bridgehead atoms. The fourth-order valence-electron chi connectivity index (χ4n) is 9.18. The molecule has 10 aromatic rings. The molecule has 0 fully saturated rings. The average molecular weight is 1020 g/mol. The summed E-state index contributed by atoms with van der Waals surface area (Å²) in [5.74, 6) is 0. The summed E-state index contributed by atoms with van der Waals surface area (Å²) in [6.07, 6.45) is 7.20. The number of fused-ring (bicyclic) bond motifs is 2. The molecule has 0 atom stereocenters. The van der Waals surface area contributed by atoms with E-state index in [0.717, 1.165) is 22.4 Å². The van der Waals surface area contributed by atoms with Gasteiger partial charge in [-0.25, -0.2) is 0 Å². The van der Waals surface area contributed by atoms with Gasteiger partial charge in [0.2, 0.25) is 0 Å². The van der Waals surface area contributed by atoms with Crippen LogP contribution in [0.1, 0.15) is 50.7 Å². The van der Waals surface area contributed by atoms with Crippen molar-refractivity contribution in [3.05, 3.63) is 230 Å². The van der Waals surface area contributed by atoms with Crippen molar-refractivity contribution in [1.29, 1.82) is 0 Å². The molecule has 338 valence electrons. The molecule has 0 unspecified atom stereocenters.